The lowest BCUT2D eigenvalue weighted by Crippen LogP contribution is -2.49. The topological polar surface area (TPSA) is 55.8 Å². The van der Waals surface area contributed by atoms with Crippen LogP contribution in [0.5, 0.6) is 0 Å². The lowest BCUT2D eigenvalue weighted by atomic mass is 10.0. The minimum Gasteiger partial charge on any atom is -0.444 e. The largest absolute Gasteiger partial charge is 0.444 e. The second-order valence-electron chi connectivity index (χ2n) is 8.05. The van der Waals surface area contributed by atoms with E-state index in [-0.39, 0.29) is 17.9 Å². The maximum atomic E-state index is 12.6. The fourth-order valence-corrected chi connectivity index (χ4v) is 3.02. The van der Waals surface area contributed by atoms with E-state index in [1.807, 2.05) is 58.9 Å². The Morgan fingerprint density at radius 3 is 2.36 bits per heavy atom. The van der Waals surface area contributed by atoms with Gasteiger partial charge in [-0.15, -0.1) is 0 Å². The van der Waals surface area contributed by atoms with E-state index in [1.165, 1.54) is 0 Å². The summed E-state index contributed by atoms with van der Waals surface area (Å²) in [4.78, 5) is 25.7. The van der Waals surface area contributed by atoms with Gasteiger partial charge in [-0.1, -0.05) is 24.3 Å². The van der Waals surface area contributed by atoms with Crippen LogP contribution in [0.1, 0.15) is 63.9 Å². The van der Waals surface area contributed by atoms with Gasteiger partial charge >= 0.3 is 6.09 Å². The summed E-state index contributed by atoms with van der Waals surface area (Å²) in [6.07, 6.45) is 1.25. The predicted molar refractivity (Wildman–Crippen MR) is 96.7 cm³/mol. The SMILES string of the molecule is CC(=O)c1ccc(CC[C@@H]2COC(C)(C)N2C(=O)OC(C)(C)C)cc1. The number of carbonyl (C=O) groups is 2. The lowest BCUT2D eigenvalue weighted by Gasteiger charge is -2.35. The molecule has 0 aromatic heterocycles. The van der Waals surface area contributed by atoms with E-state index in [9.17, 15) is 9.59 Å². The van der Waals surface area contributed by atoms with E-state index in [4.69, 9.17) is 9.47 Å². The van der Waals surface area contributed by atoms with E-state index < -0.39 is 11.3 Å². The van der Waals surface area contributed by atoms with Gasteiger partial charge in [0.2, 0.25) is 0 Å². The van der Waals surface area contributed by atoms with Crippen molar-refractivity contribution in [1.82, 2.24) is 4.90 Å². The Hall–Kier alpha value is -1.88. The number of hydrogen-bond acceptors (Lipinski definition) is 4. The number of ketones is 1. The van der Waals surface area contributed by atoms with Crippen molar-refractivity contribution in [3.8, 4) is 0 Å². The van der Waals surface area contributed by atoms with Crippen LogP contribution in [0.25, 0.3) is 0 Å². The zero-order valence-corrected chi connectivity index (χ0v) is 16.1. The van der Waals surface area contributed by atoms with Gasteiger partial charge in [0.15, 0.2) is 5.78 Å². The van der Waals surface area contributed by atoms with Gasteiger partial charge in [0.05, 0.1) is 12.6 Å². The monoisotopic (exact) mass is 347 g/mol. The van der Waals surface area contributed by atoms with Crippen molar-refractivity contribution in [2.24, 2.45) is 0 Å². The van der Waals surface area contributed by atoms with Gasteiger partial charge in [-0.25, -0.2) is 4.79 Å². The second-order valence-corrected chi connectivity index (χ2v) is 8.05. The van der Waals surface area contributed by atoms with Crippen molar-refractivity contribution in [1.29, 1.82) is 0 Å². The van der Waals surface area contributed by atoms with Crippen LogP contribution < -0.4 is 0 Å². The van der Waals surface area contributed by atoms with Crippen molar-refractivity contribution in [3.63, 3.8) is 0 Å². The third-order valence-corrected chi connectivity index (χ3v) is 4.29. The average Bonchev–Trinajstić information content (AvgIpc) is 2.78. The molecule has 0 spiro atoms. The van der Waals surface area contributed by atoms with Gasteiger partial charge in [-0.05, 0) is 59.9 Å². The maximum absolute atomic E-state index is 12.6. The maximum Gasteiger partial charge on any atom is 0.412 e. The van der Waals surface area contributed by atoms with Crippen molar-refractivity contribution < 1.29 is 19.1 Å². The first-order valence-electron chi connectivity index (χ1n) is 8.76. The normalized spacial score (nSPS) is 19.8. The summed E-state index contributed by atoms with van der Waals surface area (Å²) in [5.74, 6) is 0.0635. The first-order valence-corrected chi connectivity index (χ1v) is 8.76. The first kappa shape index (κ1) is 19.4. The molecule has 5 heteroatoms. The molecule has 138 valence electrons. The summed E-state index contributed by atoms with van der Waals surface area (Å²) < 4.78 is 11.4. The summed E-state index contributed by atoms with van der Waals surface area (Å²) in [5.41, 5.74) is 0.636. The fourth-order valence-electron chi connectivity index (χ4n) is 3.02. The van der Waals surface area contributed by atoms with Crippen LogP contribution in [0.15, 0.2) is 24.3 Å². The van der Waals surface area contributed by atoms with E-state index >= 15 is 0 Å². The Morgan fingerprint density at radius 2 is 1.84 bits per heavy atom. The Morgan fingerprint density at radius 1 is 1.24 bits per heavy atom. The minimum atomic E-state index is -0.675. The molecule has 1 heterocycles. The Bertz CT molecular complexity index is 628. The molecule has 1 aromatic carbocycles. The first-order chi connectivity index (χ1) is 11.5. The molecule has 0 bridgehead atoms. The molecule has 1 atom stereocenters. The number of nitrogens with zero attached hydrogens (tertiary/aromatic N) is 1. The molecule has 1 amide bonds. The second kappa shape index (κ2) is 7.16. The molecule has 0 radical (unpaired) electrons. The average molecular weight is 347 g/mol. The van der Waals surface area contributed by atoms with E-state index in [0.717, 1.165) is 18.4 Å². The van der Waals surface area contributed by atoms with Crippen LogP contribution in [-0.2, 0) is 15.9 Å². The molecule has 25 heavy (non-hydrogen) atoms. The molecule has 1 aliphatic heterocycles. The van der Waals surface area contributed by atoms with Crippen LogP contribution in [0.2, 0.25) is 0 Å². The fraction of sp³-hybridized carbons (Fsp3) is 0.600. The van der Waals surface area contributed by atoms with Crippen molar-refractivity contribution in [2.75, 3.05) is 6.61 Å². The van der Waals surface area contributed by atoms with Crippen molar-refractivity contribution >= 4 is 11.9 Å². The molecule has 1 fully saturated rings. The molecule has 1 aromatic rings. The lowest BCUT2D eigenvalue weighted by molar-refractivity contribution is -0.0626. The van der Waals surface area contributed by atoms with Gasteiger partial charge in [0.25, 0.3) is 0 Å². The molecular weight excluding hydrogens is 318 g/mol. The van der Waals surface area contributed by atoms with Gasteiger partial charge in [-0.3, -0.25) is 9.69 Å². The van der Waals surface area contributed by atoms with Crippen molar-refractivity contribution in [2.45, 2.75) is 71.8 Å². The summed E-state index contributed by atoms with van der Waals surface area (Å²) >= 11 is 0. The van der Waals surface area contributed by atoms with Crippen LogP contribution in [-0.4, -0.2) is 40.8 Å². The third-order valence-electron chi connectivity index (χ3n) is 4.29. The van der Waals surface area contributed by atoms with Crippen molar-refractivity contribution in [3.05, 3.63) is 35.4 Å². The quantitative estimate of drug-likeness (QED) is 0.766. The zero-order valence-electron chi connectivity index (χ0n) is 16.1. The summed E-state index contributed by atoms with van der Waals surface area (Å²) in [6, 6.07) is 7.60. The smallest absolute Gasteiger partial charge is 0.412 e. The number of ether oxygens (including phenoxy) is 2. The summed E-state index contributed by atoms with van der Waals surface area (Å²) in [7, 11) is 0. The highest BCUT2D eigenvalue weighted by Crippen LogP contribution is 2.31. The molecule has 0 aliphatic carbocycles. The molecule has 5 nitrogen and oxygen atoms in total. The minimum absolute atomic E-state index is 0.0302. The van der Waals surface area contributed by atoms with E-state index in [2.05, 4.69) is 0 Å². The highest BCUT2D eigenvalue weighted by atomic mass is 16.6. The Labute approximate surface area is 150 Å². The molecule has 0 unspecified atom stereocenters. The molecular formula is C20H29NO4. The number of hydrogen-bond donors (Lipinski definition) is 0. The molecule has 0 saturated carbocycles. The zero-order chi connectivity index (χ0) is 18.8. The molecule has 1 saturated heterocycles. The number of amides is 1. The molecule has 0 N–H and O–H groups in total. The van der Waals surface area contributed by atoms with Gasteiger partial charge < -0.3 is 9.47 Å². The number of rotatable bonds is 4. The molecule has 2 rings (SSSR count). The van der Waals surface area contributed by atoms with Crippen LogP contribution >= 0.6 is 0 Å². The number of benzene rings is 1. The van der Waals surface area contributed by atoms with Crippen LogP contribution in [0.3, 0.4) is 0 Å². The van der Waals surface area contributed by atoms with Crippen LogP contribution in [0.4, 0.5) is 4.79 Å². The van der Waals surface area contributed by atoms with Gasteiger partial charge in [-0.2, -0.15) is 0 Å². The van der Waals surface area contributed by atoms with E-state index in [0.29, 0.717) is 12.2 Å². The summed E-state index contributed by atoms with van der Waals surface area (Å²) in [6.45, 7) is 11.4. The number of carbonyl (C=O) groups excluding carboxylic acids is 2. The van der Waals surface area contributed by atoms with Gasteiger partial charge in [0.1, 0.15) is 11.3 Å². The number of Topliss-reactive ketones (excluding diaryl/α,β-unsaturated/α-hetero) is 1. The summed E-state index contributed by atoms with van der Waals surface area (Å²) in [5, 5.41) is 0. The van der Waals surface area contributed by atoms with Crippen LogP contribution in [0, 0.1) is 0 Å². The third kappa shape index (κ3) is 5.05. The highest BCUT2D eigenvalue weighted by Gasteiger charge is 2.45. The Kier molecular flexibility index (Phi) is 5.57. The standard InChI is InChI=1S/C20H29NO4/c1-14(22)16-10-7-15(8-11-16)9-12-17-13-24-20(5,6)21(17)18(23)25-19(2,3)4/h7-8,10-11,17H,9,12-13H2,1-6H3/t17-/m1/s1. The van der Waals surface area contributed by atoms with E-state index in [1.54, 1.807) is 11.8 Å². The Balaban J connectivity index is 2.04. The number of aryl methyl sites for hydroxylation is 1. The van der Waals surface area contributed by atoms with Gasteiger partial charge in [0, 0.05) is 5.56 Å². The molecule has 1 aliphatic rings. The highest BCUT2D eigenvalue weighted by molar-refractivity contribution is 5.94. The predicted octanol–water partition coefficient (Wildman–Crippen LogP) is 4.19.